The van der Waals surface area contributed by atoms with Gasteiger partial charge in [-0.25, -0.2) is 4.98 Å². The van der Waals surface area contributed by atoms with E-state index in [0.717, 1.165) is 47.7 Å². The molecule has 1 aliphatic carbocycles. The monoisotopic (exact) mass is 371 g/mol. The Labute approximate surface area is 160 Å². The van der Waals surface area contributed by atoms with Gasteiger partial charge < -0.3 is 25.4 Å². The Bertz CT molecular complexity index is 803. The standard InChI is InChI=1S/C20H29N5O2/c1-12-18(19(22-2)24-20(21)23-12)14-6-7-16(26-5)17(10-14)27-15-8-13(9-15)11-25(3)4/h6-7,10,13,15H,8-9,11H2,1-5H3,(H3,21,22,23,24). The third kappa shape index (κ3) is 4.24. The van der Waals surface area contributed by atoms with Crippen molar-refractivity contribution in [2.45, 2.75) is 25.9 Å². The van der Waals surface area contributed by atoms with Crippen molar-refractivity contribution in [1.29, 1.82) is 0 Å². The Balaban J connectivity index is 1.85. The highest BCUT2D eigenvalue weighted by Crippen LogP contribution is 2.39. The Morgan fingerprint density at radius 1 is 1.22 bits per heavy atom. The molecule has 3 rings (SSSR count). The molecule has 0 saturated heterocycles. The summed E-state index contributed by atoms with van der Waals surface area (Å²) in [5.74, 6) is 3.14. The first-order valence-electron chi connectivity index (χ1n) is 9.23. The number of methoxy groups -OCH3 is 1. The molecule has 3 N–H and O–H groups in total. The fourth-order valence-corrected chi connectivity index (χ4v) is 3.66. The molecule has 0 aliphatic heterocycles. The van der Waals surface area contributed by atoms with Gasteiger partial charge in [0, 0.05) is 19.2 Å². The van der Waals surface area contributed by atoms with Gasteiger partial charge in [-0.05, 0) is 57.5 Å². The van der Waals surface area contributed by atoms with Crippen LogP contribution >= 0.6 is 0 Å². The van der Waals surface area contributed by atoms with Crippen molar-refractivity contribution in [3.8, 4) is 22.6 Å². The van der Waals surface area contributed by atoms with E-state index in [2.05, 4.69) is 34.3 Å². The Hall–Kier alpha value is -2.54. The van der Waals surface area contributed by atoms with E-state index >= 15 is 0 Å². The summed E-state index contributed by atoms with van der Waals surface area (Å²) < 4.78 is 11.8. The number of nitrogen functional groups attached to an aromatic ring is 1. The van der Waals surface area contributed by atoms with Gasteiger partial charge in [-0.15, -0.1) is 0 Å². The van der Waals surface area contributed by atoms with Crippen LogP contribution in [0.5, 0.6) is 11.5 Å². The molecule has 0 unspecified atom stereocenters. The van der Waals surface area contributed by atoms with E-state index in [0.29, 0.717) is 11.7 Å². The SMILES string of the molecule is CNc1nc(N)nc(C)c1-c1ccc(OC)c(OC2CC(CN(C)C)C2)c1. The number of nitrogens with one attached hydrogen (secondary N) is 1. The molecule has 7 heteroatoms. The summed E-state index contributed by atoms with van der Waals surface area (Å²) in [7, 11) is 7.70. The highest BCUT2D eigenvalue weighted by Gasteiger charge is 2.31. The van der Waals surface area contributed by atoms with E-state index < -0.39 is 0 Å². The molecule has 0 amide bonds. The molecule has 1 saturated carbocycles. The lowest BCUT2D eigenvalue weighted by molar-refractivity contribution is 0.0495. The van der Waals surface area contributed by atoms with E-state index in [1.54, 1.807) is 7.11 Å². The predicted octanol–water partition coefficient (Wildman–Crippen LogP) is 2.80. The van der Waals surface area contributed by atoms with Crippen molar-refractivity contribution in [1.82, 2.24) is 14.9 Å². The first-order chi connectivity index (χ1) is 12.9. The van der Waals surface area contributed by atoms with Crippen molar-refractivity contribution < 1.29 is 9.47 Å². The number of benzene rings is 1. The Morgan fingerprint density at radius 3 is 2.59 bits per heavy atom. The zero-order valence-electron chi connectivity index (χ0n) is 16.7. The van der Waals surface area contributed by atoms with Crippen LogP contribution in [0.2, 0.25) is 0 Å². The number of rotatable bonds is 7. The van der Waals surface area contributed by atoms with Crippen LogP contribution in [0.4, 0.5) is 11.8 Å². The van der Waals surface area contributed by atoms with Crippen LogP contribution in [0.25, 0.3) is 11.1 Å². The summed E-state index contributed by atoms with van der Waals surface area (Å²) in [5, 5.41) is 3.10. The van der Waals surface area contributed by atoms with Gasteiger partial charge >= 0.3 is 0 Å². The van der Waals surface area contributed by atoms with Crippen molar-refractivity contribution in [3.05, 3.63) is 23.9 Å². The molecule has 0 atom stereocenters. The van der Waals surface area contributed by atoms with E-state index in [4.69, 9.17) is 15.2 Å². The van der Waals surface area contributed by atoms with Crippen molar-refractivity contribution in [3.63, 3.8) is 0 Å². The Morgan fingerprint density at radius 2 is 1.96 bits per heavy atom. The molecule has 7 nitrogen and oxygen atoms in total. The molecule has 0 bridgehead atoms. The minimum atomic E-state index is 0.228. The lowest BCUT2D eigenvalue weighted by atomic mass is 9.82. The normalized spacial score (nSPS) is 18.9. The summed E-state index contributed by atoms with van der Waals surface area (Å²) >= 11 is 0. The number of nitrogens with two attached hydrogens (primary N) is 1. The van der Waals surface area contributed by atoms with Crippen LogP contribution in [0.1, 0.15) is 18.5 Å². The fourth-order valence-electron chi connectivity index (χ4n) is 3.66. The van der Waals surface area contributed by atoms with Gasteiger partial charge in [-0.1, -0.05) is 6.07 Å². The lowest BCUT2D eigenvalue weighted by Crippen LogP contribution is -2.39. The molecule has 0 spiro atoms. The number of aromatic nitrogens is 2. The molecular formula is C20H29N5O2. The number of hydrogen-bond donors (Lipinski definition) is 2. The van der Waals surface area contributed by atoms with Gasteiger partial charge in [-0.2, -0.15) is 4.98 Å². The second-order valence-corrected chi connectivity index (χ2v) is 7.35. The minimum Gasteiger partial charge on any atom is -0.493 e. The maximum Gasteiger partial charge on any atom is 0.222 e. The van der Waals surface area contributed by atoms with Crippen molar-refractivity contribution >= 4 is 11.8 Å². The molecule has 1 aliphatic rings. The highest BCUT2D eigenvalue weighted by molar-refractivity contribution is 5.79. The summed E-state index contributed by atoms with van der Waals surface area (Å²) in [6.45, 7) is 3.03. The molecular weight excluding hydrogens is 342 g/mol. The molecule has 1 aromatic heterocycles. The van der Waals surface area contributed by atoms with Gasteiger partial charge in [0.15, 0.2) is 11.5 Å². The maximum absolute atomic E-state index is 6.25. The summed E-state index contributed by atoms with van der Waals surface area (Å²) in [4.78, 5) is 10.8. The summed E-state index contributed by atoms with van der Waals surface area (Å²) in [5.41, 5.74) is 8.49. The second kappa shape index (κ2) is 8.00. The first kappa shape index (κ1) is 19.2. The molecule has 27 heavy (non-hydrogen) atoms. The quantitative estimate of drug-likeness (QED) is 0.774. The molecule has 2 aromatic rings. The van der Waals surface area contributed by atoms with Crippen molar-refractivity contribution in [2.75, 3.05) is 45.8 Å². The molecule has 1 heterocycles. The maximum atomic E-state index is 6.25. The topological polar surface area (TPSA) is 85.5 Å². The van der Waals surface area contributed by atoms with Crippen LogP contribution in [0.15, 0.2) is 18.2 Å². The van der Waals surface area contributed by atoms with E-state index in [9.17, 15) is 0 Å². The fraction of sp³-hybridized carbons (Fsp3) is 0.500. The highest BCUT2D eigenvalue weighted by atomic mass is 16.5. The van der Waals surface area contributed by atoms with Crippen LogP contribution in [0, 0.1) is 12.8 Å². The number of aryl methyl sites for hydroxylation is 1. The van der Waals surface area contributed by atoms with Crippen LogP contribution in [-0.2, 0) is 0 Å². The third-order valence-electron chi connectivity index (χ3n) is 4.91. The summed E-state index contributed by atoms with van der Waals surface area (Å²) in [6.07, 6.45) is 2.36. The van der Waals surface area contributed by atoms with E-state index in [1.165, 1.54) is 0 Å². The van der Waals surface area contributed by atoms with Gasteiger partial charge in [0.25, 0.3) is 0 Å². The smallest absolute Gasteiger partial charge is 0.222 e. The van der Waals surface area contributed by atoms with Gasteiger partial charge in [-0.3, -0.25) is 0 Å². The predicted molar refractivity (Wildman–Crippen MR) is 108 cm³/mol. The average molecular weight is 371 g/mol. The number of ether oxygens (including phenoxy) is 2. The largest absolute Gasteiger partial charge is 0.493 e. The van der Waals surface area contributed by atoms with Crippen molar-refractivity contribution in [2.24, 2.45) is 5.92 Å². The first-order valence-corrected chi connectivity index (χ1v) is 9.23. The van der Waals surface area contributed by atoms with E-state index in [-0.39, 0.29) is 12.1 Å². The molecule has 1 fully saturated rings. The number of anilines is 2. The summed E-state index contributed by atoms with van der Waals surface area (Å²) in [6, 6.07) is 5.92. The minimum absolute atomic E-state index is 0.228. The van der Waals surface area contributed by atoms with E-state index in [1.807, 2.05) is 32.2 Å². The van der Waals surface area contributed by atoms with Gasteiger partial charge in [0.1, 0.15) is 5.82 Å². The zero-order chi connectivity index (χ0) is 19.6. The second-order valence-electron chi connectivity index (χ2n) is 7.35. The van der Waals surface area contributed by atoms with Crippen LogP contribution in [0.3, 0.4) is 0 Å². The van der Waals surface area contributed by atoms with Gasteiger partial charge in [0.05, 0.1) is 18.9 Å². The zero-order valence-corrected chi connectivity index (χ0v) is 16.7. The molecule has 1 aromatic carbocycles. The van der Waals surface area contributed by atoms with Gasteiger partial charge in [0.2, 0.25) is 5.95 Å². The lowest BCUT2D eigenvalue weighted by Gasteiger charge is -2.37. The molecule has 0 radical (unpaired) electrons. The Kier molecular flexibility index (Phi) is 5.70. The third-order valence-corrected chi connectivity index (χ3v) is 4.91. The number of hydrogen-bond acceptors (Lipinski definition) is 7. The molecule has 146 valence electrons. The van der Waals surface area contributed by atoms with Crippen LogP contribution < -0.4 is 20.5 Å². The average Bonchev–Trinajstić information content (AvgIpc) is 2.58. The van der Waals surface area contributed by atoms with Crippen LogP contribution in [-0.4, -0.2) is 55.8 Å². The number of nitrogens with zero attached hydrogens (tertiary/aromatic N) is 3.